The van der Waals surface area contributed by atoms with Crippen LogP contribution in [0.15, 0.2) is 76.6 Å². The van der Waals surface area contributed by atoms with Gasteiger partial charge in [-0.25, -0.2) is 14.8 Å². The monoisotopic (exact) mass is 358 g/mol. The molecule has 0 unspecified atom stereocenters. The van der Waals surface area contributed by atoms with Crippen molar-refractivity contribution in [3.05, 3.63) is 105 Å². The maximum atomic E-state index is 13.2. The first-order valence-electron chi connectivity index (χ1n) is 8.68. The summed E-state index contributed by atoms with van der Waals surface area (Å²) in [6.07, 6.45) is 2.97. The molecule has 0 spiro atoms. The highest BCUT2D eigenvalue weighted by atomic mass is 16.2. The highest BCUT2D eigenvalue weighted by Crippen LogP contribution is 2.11. The first-order chi connectivity index (χ1) is 13.1. The minimum Gasteiger partial charge on any atom is -0.272 e. The van der Waals surface area contributed by atoms with Crippen LogP contribution in [0.5, 0.6) is 0 Å². The van der Waals surface area contributed by atoms with Crippen molar-refractivity contribution < 1.29 is 0 Å². The van der Waals surface area contributed by atoms with Gasteiger partial charge in [0.05, 0.1) is 13.1 Å². The number of hydrogen-bond acceptors (Lipinski definition) is 4. The summed E-state index contributed by atoms with van der Waals surface area (Å²) in [5, 5.41) is 0. The van der Waals surface area contributed by atoms with E-state index in [-0.39, 0.29) is 17.8 Å². The number of nitrogens with zero attached hydrogens (tertiary/aromatic N) is 4. The van der Waals surface area contributed by atoms with E-state index in [9.17, 15) is 9.59 Å². The van der Waals surface area contributed by atoms with Gasteiger partial charge in [0, 0.05) is 12.4 Å². The lowest BCUT2D eigenvalue weighted by molar-refractivity contribution is 0.627. The minimum absolute atomic E-state index is 0.193. The molecule has 4 rings (SSSR count). The van der Waals surface area contributed by atoms with Gasteiger partial charge in [0.1, 0.15) is 0 Å². The van der Waals surface area contributed by atoms with E-state index in [0.29, 0.717) is 12.2 Å². The number of hydrogen-bond donors (Lipinski definition) is 0. The van der Waals surface area contributed by atoms with Gasteiger partial charge in [-0.05, 0) is 23.6 Å². The van der Waals surface area contributed by atoms with Crippen LogP contribution in [0.3, 0.4) is 0 Å². The zero-order chi connectivity index (χ0) is 18.8. The third kappa shape index (κ3) is 3.17. The molecule has 2 heterocycles. The van der Waals surface area contributed by atoms with Crippen LogP contribution in [0.2, 0.25) is 0 Å². The number of aromatic nitrogens is 4. The molecule has 0 amide bonds. The topological polar surface area (TPSA) is 69.8 Å². The summed E-state index contributed by atoms with van der Waals surface area (Å²) in [5.41, 5.74) is 2.64. The second-order valence-electron chi connectivity index (χ2n) is 6.40. The van der Waals surface area contributed by atoms with Crippen molar-refractivity contribution in [1.82, 2.24) is 19.1 Å². The molecular formula is C21H18N4O2. The number of aryl methyl sites for hydroxylation is 1. The van der Waals surface area contributed by atoms with E-state index in [0.717, 1.165) is 16.7 Å². The Hall–Kier alpha value is -3.54. The summed E-state index contributed by atoms with van der Waals surface area (Å²) in [5.74, 6) is 0. The number of rotatable bonds is 4. The average molecular weight is 358 g/mol. The van der Waals surface area contributed by atoms with E-state index in [4.69, 9.17) is 0 Å². The van der Waals surface area contributed by atoms with Crippen molar-refractivity contribution in [1.29, 1.82) is 0 Å². The molecule has 2 aromatic heterocycles. The lowest BCUT2D eigenvalue weighted by Crippen LogP contribution is -2.41. The Morgan fingerprint density at radius 3 is 2.30 bits per heavy atom. The van der Waals surface area contributed by atoms with Crippen molar-refractivity contribution >= 4 is 11.2 Å². The zero-order valence-electron chi connectivity index (χ0n) is 14.9. The zero-order valence-corrected chi connectivity index (χ0v) is 14.9. The molecule has 0 fully saturated rings. The van der Waals surface area contributed by atoms with Gasteiger partial charge in [0.15, 0.2) is 11.2 Å². The Kier molecular flexibility index (Phi) is 4.38. The molecule has 0 aliphatic carbocycles. The van der Waals surface area contributed by atoms with E-state index >= 15 is 0 Å². The molecule has 4 aromatic rings. The van der Waals surface area contributed by atoms with E-state index < -0.39 is 5.56 Å². The molecule has 0 N–H and O–H groups in total. The van der Waals surface area contributed by atoms with Crippen LogP contribution >= 0.6 is 0 Å². The second-order valence-corrected chi connectivity index (χ2v) is 6.40. The van der Waals surface area contributed by atoms with Crippen LogP contribution in [-0.2, 0) is 13.1 Å². The number of fused-ring (bicyclic) bond motifs is 1. The van der Waals surface area contributed by atoms with Crippen molar-refractivity contribution in [3.63, 3.8) is 0 Å². The quantitative estimate of drug-likeness (QED) is 0.562. The normalized spacial score (nSPS) is 11.0. The molecule has 2 aromatic carbocycles. The number of benzene rings is 2. The molecule has 0 saturated carbocycles. The molecule has 0 aliphatic rings. The fraction of sp³-hybridized carbons (Fsp3) is 0.143. The predicted octanol–water partition coefficient (Wildman–Crippen LogP) is 2.36. The molecule has 0 aliphatic heterocycles. The first-order valence-corrected chi connectivity index (χ1v) is 8.68. The van der Waals surface area contributed by atoms with Gasteiger partial charge in [-0.2, -0.15) is 0 Å². The van der Waals surface area contributed by atoms with Crippen molar-refractivity contribution in [3.8, 4) is 0 Å². The molecule has 134 valence electrons. The molecule has 0 atom stereocenters. The smallest absolute Gasteiger partial charge is 0.272 e. The van der Waals surface area contributed by atoms with E-state index in [1.165, 1.54) is 21.5 Å². The maximum Gasteiger partial charge on any atom is 0.333 e. The van der Waals surface area contributed by atoms with Gasteiger partial charge >= 0.3 is 5.69 Å². The van der Waals surface area contributed by atoms with Crippen molar-refractivity contribution in [2.24, 2.45) is 0 Å². The van der Waals surface area contributed by atoms with Gasteiger partial charge in [0.2, 0.25) is 0 Å². The molecule has 0 saturated heterocycles. The molecular weight excluding hydrogens is 340 g/mol. The summed E-state index contributed by atoms with van der Waals surface area (Å²) < 4.78 is 2.75. The van der Waals surface area contributed by atoms with Crippen molar-refractivity contribution in [2.75, 3.05) is 0 Å². The minimum atomic E-state index is -0.423. The lowest BCUT2D eigenvalue weighted by Gasteiger charge is -2.14. The van der Waals surface area contributed by atoms with Crippen molar-refractivity contribution in [2.45, 2.75) is 20.0 Å². The fourth-order valence-corrected chi connectivity index (χ4v) is 3.14. The summed E-state index contributed by atoms with van der Waals surface area (Å²) in [6, 6.07) is 17.3. The van der Waals surface area contributed by atoms with E-state index in [1.54, 1.807) is 0 Å². The van der Waals surface area contributed by atoms with Crippen LogP contribution in [0.25, 0.3) is 11.2 Å². The molecule has 6 nitrogen and oxygen atoms in total. The third-order valence-corrected chi connectivity index (χ3v) is 4.62. The first kappa shape index (κ1) is 16.9. The Bertz CT molecular complexity index is 1230. The highest BCUT2D eigenvalue weighted by molar-refractivity contribution is 5.68. The SMILES string of the molecule is Cc1ccccc1Cn1c(=O)n(Cc2ccccc2)c(=O)c2nccnc21. The summed E-state index contributed by atoms with van der Waals surface area (Å²) in [7, 11) is 0. The van der Waals surface area contributed by atoms with Crippen LogP contribution in [0.1, 0.15) is 16.7 Å². The Morgan fingerprint density at radius 2 is 1.52 bits per heavy atom. The van der Waals surface area contributed by atoms with Crippen LogP contribution in [-0.4, -0.2) is 19.1 Å². The molecule has 0 radical (unpaired) electrons. The van der Waals surface area contributed by atoms with E-state index in [1.807, 2.05) is 61.5 Å². The van der Waals surface area contributed by atoms with Crippen LogP contribution in [0, 0.1) is 6.92 Å². The Balaban J connectivity index is 1.93. The second kappa shape index (κ2) is 6.99. The van der Waals surface area contributed by atoms with E-state index in [2.05, 4.69) is 9.97 Å². The molecule has 27 heavy (non-hydrogen) atoms. The lowest BCUT2D eigenvalue weighted by atomic mass is 10.1. The highest BCUT2D eigenvalue weighted by Gasteiger charge is 2.16. The Labute approximate surface area is 155 Å². The summed E-state index contributed by atoms with van der Waals surface area (Å²) in [4.78, 5) is 34.5. The third-order valence-electron chi connectivity index (χ3n) is 4.62. The maximum absolute atomic E-state index is 13.2. The molecule has 0 bridgehead atoms. The van der Waals surface area contributed by atoms with Gasteiger partial charge in [-0.15, -0.1) is 0 Å². The van der Waals surface area contributed by atoms with Gasteiger partial charge in [0.25, 0.3) is 5.56 Å². The standard InChI is InChI=1S/C21H18N4O2/c1-15-7-5-6-10-17(15)14-24-19-18(22-11-12-23-19)20(26)25(21(24)27)13-16-8-3-2-4-9-16/h2-12H,13-14H2,1H3. The van der Waals surface area contributed by atoms with Gasteiger partial charge < -0.3 is 0 Å². The largest absolute Gasteiger partial charge is 0.333 e. The average Bonchev–Trinajstić information content (AvgIpc) is 2.70. The fourth-order valence-electron chi connectivity index (χ4n) is 3.14. The summed E-state index contributed by atoms with van der Waals surface area (Å²) in [6.45, 7) is 2.52. The predicted molar refractivity (Wildman–Crippen MR) is 104 cm³/mol. The van der Waals surface area contributed by atoms with Crippen LogP contribution in [0.4, 0.5) is 0 Å². The van der Waals surface area contributed by atoms with Gasteiger partial charge in [-0.1, -0.05) is 54.6 Å². The van der Waals surface area contributed by atoms with Crippen LogP contribution < -0.4 is 11.2 Å². The van der Waals surface area contributed by atoms with Gasteiger partial charge in [-0.3, -0.25) is 13.9 Å². The summed E-state index contributed by atoms with van der Waals surface area (Å²) >= 11 is 0. The molecule has 6 heteroatoms. The Morgan fingerprint density at radius 1 is 0.815 bits per heavy atom.